The summed E-state index contributed by atoms with van der Waals surface area (Å²) in [6, 6.07) is 21.4. The van der Waals surface area contributed by atoms with E-state index in [9.17, 15) is 10.2 Å². The summed E-state index contributed by atoms with van der Waals surface area (Å²) < 4.78 is 0. The maximum Gasteiger partial charge on any atom is 0.109 e. The standard InChI is InChI=1S/C24H16O2/c25-21-10-9-17-19-8-7-18-16-4-2-1-3-13(16)11-14-5-6-15(23(19)22(14)18)12-20(17)24(21)26/h1-12,21,24-26H. The van der Waals surface area contributed by atoms with Crippen LogP contribution in [0.4, 0.5) is 0 Å². The van der Waals surface area contributed by atoms with Crippen LogP contribution < -0.4 is 0 Å². The molecule has 2 heteroatoms. The van der Waals surface area contributed by atoms with Crippen LogP contribution in [-0.4, -0.2) is 16.3 Å². The first-order valence-corrected chi connectivity index (χ1v) is 8.90. The average molecular weight is 336 g/mol. The van der Waals surface area contributed by atoms with E-state index >= 15 is 0 Å². The molecule has 0 aliphatic heterocycles. The number of hydrogen-bond donors (Lipinski definition) is 2. The summed E-state index contributed by atoms with van der Waals surface area (Å²) >= 11 is 0. The molecule has 0 heterocycles. The Morgan fingerprint density at radius 1 is 0.654 bits per heavy atom. The van der Waals surface area contributed by atoms with Crippen molar-refractivity contribution >= 4 is 49.2 Å². The Balaban J connectivity index is 1.88. The molecular formula is C24H16O2. The Hall–Kier alpha value is -2.94. The Bertz CT molecular complexity index is 1360. The first-order valence-electron chi connectivity index (χ1n) is 8.90. The van der Waals surface area contributed by atoms with Crippen molar-refractivity contribution in [2.75, 3.05) is 0 Å². The molecule has 0 fully saturated rings. The van der Waals surface area contributed by atoms with Crippen LogP contribution in [0.5, 0.6) is 0 Å². The van der Waals surface area contributed by atoms with Gasteiger partial charge in [-0.3, -0.25) is 0 Å². The molecule has 0 spiro atoms. The van der Waals surface area contributed by atoms with Crippen molar-refractivity contribution in [2.45, 2.75) is 12.2 Å². The fourth-order valence-corrected chi connectivity index (χ4v) is 4.59. The minimum Gasteiger partial charge on any atom is -0.386 e. The average Bonchev–Trinajstić information content (AvgIpc) is 2.68. The summed E-state index contributed by atoms with van der Waals surface area (Å²) in [6.45, 7) is 0. The van der Waals surface area contributed by atoms with Crippen LogP contribution in [0.2, 0.25) is 0 Å². The van der Waals surface area contributed by atoms with Crippen LogP contribution in [0.3, 0.4) is 0 Å². The third-order valence-electron chi connectivity index (χ3n) is 5.80. The topological polar surface area (TPSA) is 40.5 Å². The van der Waals surface area contributed by atoms with Crippen molar-refractivity contribution in [1.29, 1.82) is 0 Å². The molecule has 0 saturated carbocycles. The predicted octanol–water partition coefficient (Wildman–Crippen LogP) is 5.16. The van der Waals surface area contributed by atoms with Gasteiger partial charge in [0.05, 0.1) is 0 Å². The summed E-state index contributed by atoms with van der Waals surface area (Å²) in [5.74, 6) is 0. The summed E-state index contributed by atoms with van der Waals surface area (Å²) in [7, 11) is 0. The van der Waals surface area contributed by atoms with Crippen LogP contribution in [0, 0.1) is 0 Å². The highest BCUT2D eigenvalue weighted by molar-refractivity contribution is 6.29. The lowest BCUT2D eigenvalue weighted by molar-refractivity contribution is 0.0472. The van der Waals surface area contributed by atoms with Gasteiger partial charge in [-0.15, -0.1) is 0 Å². The SMILES string of the molecule is OC1C=Cc2c(cc3ccc4cc5ccccc5c5ccc2c3c45)C1O. The zero-order chi connectivity index (χ0) is 17.4. The van der Waals surface area contributed by atoms with Gasteiger partial charge >= 0.3 is 0 Å². The lowest BCUT2D eigenvalue weighted by Gasteiger charge is -2.25. The molecular weight excluding hydrogens is 320 g/mol. The lowest BCUT2D eigenvalue weighted by Crippen LogP contribution is -2.19. The summed E-state index contributed by atoms with van der Waals surface area (Å²) in [5.41, 5.74) is 1.81. The van der Waals surface area contributed by atoms with E-state index in [4.69, 9.17) is 0 Å². The number of aliphatic hydroxyl groups is 2. The monoisotopic (exact) mass is 336 g/mol. The van der Waals surface area contributed by atoms with Gasteiger partial charge in [-0.25, -0.2) is 0 Å². The van der Waals surface area contributed by atoms with E-state index < -0.39 is 12.2 Å². The number of rotatable bonds is 0. The molecule has 6 rings (SSSR count). The van der Waals surface area contributed by atoms with Crippen molar-refractivity contribution in [3.05, 3.63) is 77.9 Å². The molecule has 124 valence electrons. The zero-order valence-corrected chi connectivity index (χ0v) is 14.0. The molecule has 0 aromatic heterocycles. The van der Waals surface area contributed by atoms with Crippen molar-refractivity contribution in [3.63, 3.8) is 0 Å². The summed E-state index contributed by atoms with van der Waals surface area (Å²) in [5, 5.41) is 30.2. The number of benzene rings is 5. The second-order valence-corrected chi connectivity index (χ2v) is 7.19. The Morgan fingerprint density at radius 2 is 1.38 bits per heavy atom. The third kappa shape index (κ3) is 1.68. The molecule has 2 atom stereocenters. The van der Waals surface area contributed by atoms with Crippen molar-refractivity contribution in [3.8, 4) is 0 Å². The van der Waals surface area contributed by atoms with E-state index in [1.165, 1.54) is 32.3 Å². The second-order valence-electron chi connectivity index (χ2n) is 7.19. The van der Waals surface area contributed by atoms with Gasteiger partial charge in [-0.05, 0) is 66.3 Å². The smallest absolute Gasteiger partial charge is 0.109 e. The molecule has 1 aliphatic carbocycles. The second kappa shape index (κ2) is 4.82. The van der Waals surface area contributed by atoms with Gasteiger partial charge in [0.15, 0.2) is 0 Å². The highest BCUT2D eigenvalue weighted by Crippen LogP contribution is 2.43. The van der Waals surface area contributed by atoms with Crippen LogP contribution in [0.1, 0.15) is 17.2 Å². The first kappa shape index (κ1) is 14.3. The number of fused-ring (bicyclic) bond motifs is 4. The van der Waals surface area contributed by atoms with E-state index in [1.807, 2.05) is 12.1 Å². The molecule has 5 aromatic carbocycles. The maximum atomic E-state index is 10.5. The number of aliphatic hydroxyl groups excluding tert-OH is 2. The molecule has 2 unspecified atom stereocenters. The molecule has 0 saturated heterocycles. The molecule has 5 aromatic rings. The molecule has 0 bridgehead atoms. The molecule has 0 radical (unpaired) electrons. The fourth-order valence-electron chi connectivity index (χ4n) is 4.59. The van der Waals surface area contributed by atoms with E-state index in [2.05, 4.69) is 54.6 Å². The lowest BCUT2D eigenvalue weighted by atomic mass is 9.84. The van der Waals surface area contributed by atoms with Crippen molar-refractivity contribution in [2.24, 2.45) is 0 Å². The largest absolute Gasteiger partial charge is 0.386 e. The van der Waals surface area contributed by atoms with Crippen molar-refractivity contribution in [1.82, 2.24) is 0 Å². The maximum absolute atomic E-state index is 10.5. The van der Waals surface area contributed by atoms with Gasteiger partial charge in [-0.2, -0.15) is 0 Å². The molecule has 0 amide bonds. The molecule has 1 aliphatic rings. The summed E-state index contributed by atoms with van der Waals surface area (Å²) in [4.78, 5) is 0. The number of hydrogen-bond acceptors (Lipinski definition) is 2. The highest BCUT2D eigenvalue weighted by atomic mass is 16.3. The minimum atomic E-state index is -0.877. The molecule has 2 N–H and O–H groups in total. The van der Waals surface area contributed by atoms with Gasteiger partial charge < -0.3 is 10.2 Å². The minimum absolute atomic E-state index is 0.802. The van der Waals surface area contributed by atoms with E-state index in [-0.39, 0.29) is 0 Å². The van der Waals surface area contributed by atoms with E-state index in [1.54, 1.807) is 6.08 Å². The fraction of sp³-hybridized carbons (Fsp3) is 0.0833. The van der Waals surface area contributed by atoms with Gasteiger partial charge in [0.25, 0.3) is 0 Å². The quantitative estimate of drug-likeness (QED) is 0.303. The van der Waals surface area contributed by atoms with Gasteiger partial charge in [0.1, 0.15) is 12.2 Å². The van der Waals surface area contributed by atoms with E-state index in [0.717, 1.165) is 21.9 Å². The van der Waals surface area contributed by atoms with Gasteiger partial charge in [0, 0.05) is 0 Å². The zero-order valence-electron chi connectivity index (χ0n) is 14.0. The molecule has 26 heavy (non-hydrogen) atoms. The van der Waals surface area contributed by atoms with Gasteiger partial charge in [0.2, 0.25) is 0 Å². The van der Waals surface area contributed by atoms with Gasteiger partial charge in [-0.1, -0.05) is 60.7 Å². The van der Waals surface area contributed by atoms with E-state index in [0.29, 0.717) is 0 Å². The van der Waals surface area contributed by atoms with Crippen LogP contribution in [0.25, 0.3) is 49.2 Å². The predicted molar refractivity (Wildman–Crippen MR) is 108 cm³/mol. The van der Waals surface area contributed by atoms with Crippen LogP contribution >= 0.6 is 0 Å². The van der Waals surface area contributed by atoms with Crippen LogP contribution in [-0.2, 0) is 0 Å². The molecule has 2 nitrogen and oxygen atoms in total. The normalized spacial score (nSPS) is 19.8. The van der Waals surface area contributed by atoms with Crippen molar-refractivity contribution < 1.29 is 10.2 Å². The van der Waals surface area contributed by atoms with Crippen LogP contribution in [0.15, 0.2) is 66.7 Å². The Morgan fingerprint density at radius 3 is 2.27 bits per heavy atom. The Labute approximate surface area is 149 Å². The third-order valence-corrected chi connectivity index (χ3v) is 5.80. The summed E-state index contributed by atoms with van der Waals surface area (Å²) in [6.07, 6.45) is 1.90. The first-order chi connectivity index (χ1) is 12.7. The highest BCUT2D eigenvalue weighted by Gasteiger charge is 2.25. The Kier molecular flexibility index (Phi) is 2.64.